The van der Waals surface area contributed by atoms with E-state index in [1.54, 1.807) is 25.1 Å². The second-order valence-electron chi connectivity index (χ2n) is 4.12. The van der Waals surface area contributed by atoms with Crippen LogP contribution < -0.4 is 10.1 Å². The van der Waals surface area contributed by atoms with Gasteiger partial charge in [0.05, 0.1) is 11.1 Å². The van der Waals surface area contributed by atoms with Crippen molar-refractivity contribution in [1.82, 2.24) is 5.32 Å². The van der Waals surface area contributed by atoms with Crippen LogP contribution in [0.1, 0.15) is 19.8 Å². The Kier molecular flexibility index (Phi) is 8.15. The van der Waals surface area contributed by atoms with Crippen LogP contribution in [0, 0.1) is 0 Å². The number of ether oxygens (including phenoxy) is 2. The van der Waals surface area contributed by atoms with Crippen LogP contribution in [-0.2, 0) is 14.3 Å². The first-order valence-corrected chi connectivity index (χ1v) is 7.70. The minimum atomic E-state index is -0.256. The third-order valence-corrected chi connectivity index (χ3v) is 3.29. The summed E-state index contributed by atoms with van der Waals surface area (Å²) in [4.78, 5) is 22.7. The van der Waals surface area contributed by atoms with Crippen LogP contribution in [0.2, 0.25) is 5.02 Å². The van der Waals surface area contributed by atoms with E-state index in [0.717, 1.165) is 0 Å². The summed E-state index contributed by atoms with van der Waals surface area (Å²) in [5.41, 5.74) is 0. The molecule has 0 aliphatic carbocycles. The highest BCUT2D eigenvalue weighted by Gasteiger charge is 2.06. The van der Waals surface area contributed by atoms with Gasteiger partial charge in [0.1, 0.15) is 5.75 Å². The molecule has 1 N–H and O–H groups in total. The molecular formula is C14H17BrClNO4. The van der Waals surface area contributed by atoms with E-state index in [-0.39, 0.29) is 24.9 Å². The molecule has 0 fully saturated rings. The average molecular weight is 379 g/mol. The number of hydrogen-bond donors (Lipinski definition) is 1. The normalized spacial score (nSPS) is 10.0. The van der Waals surface area contributed by atoms with Crippen molar-refractivity contribution in [3.8, 4) is 5.75 Å². The summed E-state index contributed by atoms with van der Waals surface area (Å²) >= 11 is 9.11. The molecule has 1 rings (SSSR count). The summed E-state index contributed by atoms with van der Waals surface area (Å²) < 4.78 is 10.8. The first kappa shape index (κ1) is 17.8. The molecule has 0 unspecified atom stereocenters. The molecular weight excluding hydrogens is 362 g/mol. The van der Waals surface area contributed by atoms with E-state index in [4.69, 9.17) is 21.1 Å². The zero-order valence-corrected chi connectivity index (χ0v) is 14.0. The third kappa shape index (κ3) is 7.34. The lowest BCUT2D eigenvalue weighted by Gasteiger charge is -2.09. The largest absolute Gasteiger partial charge is 0.483 e. The Morgan fingerprint density at radius 2 is 2.14 bits per heavy atom. The van der Waals surface area contributed by atoms with Crippen LogP contribution in [-0.4, -0.2) is 31.6 Å². The zero-order chi connectivity index (χ0) is 15.7. The molecule has 0 aliphatic rings. The van der Waals surface area contributed by atoms with Gasteiger partial charge in [-0.3, -0.25) is 9.59 Å². The van der Waals surface area contributed by atoms with Gasteiger partial charge >= 0.3 is 5.97 Å². The first-order valence-electron chi connectivity index (χ1n) is 6.53. The second-order valence-corrected chi connectivity index (χ2v) is 5.41. The fraction of sp³-hybridized carbons (Fsp3) is 0.429. The van der Waals surface area contributed by atoms with E-state index in [1.807, 2.05) is 0 Å². The van der Waals surface area contributed by atoms with E-state index in [2.05, 4.69) is 21.2 Å². The summed E-state index contributed by atoms with van der Waals surface area (Å²) in [7, 11) is 0. The number of esters is 1. The lowest BCUT2D eigenvalue weighted by molar-refractivity contribution is -0.143. The number of carbonyl (C=O) groups is 2. The van der Waals surface area contributed by atoms with Gasteiger partial charge < -0.3 is 14.8 Å². The Bertz CT molecular complexity index is 496. The molecule has 0 heterocycles. The van der Waals surface area contributed by atoms with E-state index >= 15 is 0 Å². The molecule has 0 spiro atoms. The van der Waals surface area contributed by atoms with E-state index in [0.29, 0.717) is 34.8 Å². The van der Waals surface area contributed by atoms with Crippen molar-refractivity contribution in [2.24, 2.45) is 0 Å². The lowest BCUT2D eigenvalue weighted by atomic mass is 10.3. The molecule has 0 saturated heterocycles. The van der Waals surface area contributed by atoms with Crippen molar-refractivity contribution in [2.75, 3.05) is 19.8 Å². The van der Waals surface area contributed by atoms with Crippen molar-refractivity contribution in [1.29, 1.82) is 0 Å². The lowest BCUT2D eigenvalue weighted by Crippen LogP contribution is -2.30. The van der Waals surface area contributed by atoms with E-state index in [1.165, 1.54) is 0 Å². The summed E-state index contributed by atoms with van der Waals surface area (Å²) in [5, 5.41) is 3.25. The topological polar surface area (TPSA) is 64.6 Å². The van der Waals surface area contributed by atoms with Crippen molar-refractivity contribution < 1.29 is 19.1 Å². The maximum Gasteiger partial charge on any atom is 0.305 e. The van der Waals surface area contributed by atoms with Crippen LogP contribution in [0.25, 0.3) is 0 Å². The van der Waals surface area contributed by atoms with Crippen molar-refractivity contribution in [3.63, 3.8) is 0 Å². The minimum Gasteiger partial charge on any atom is -0.483 e. The highest BCUT2D eigenvalue weighted by molar-refractivity contribution is 9.10. The minimum absolute atomic E-state index is 0.0976. The predicted octanol–water partition coefficient (Wildman–Crippen LogP) is 2.94. The maximum absolute atomic E-state index is 11.6. The summed E-state index contributed by atoms with van der Waals surface area (Å²) in [6, 6.07) is 5.05. The van der Waals surface area contributed by atoms with Crippen LogP contribution in [0.3, 0.4) is 0 Å². The molecule has 0 bridgehead atoms. The summed E-state index contributed by atoms with van der Waals surface area (Å²) in [6.45, 7) is 2.43. The average Bonchev–Trinajstić information content (AvgIpc) is 2.43. The summed E-state index contributed by atoms with van der Waals surface area (Å²) in [5.74, 6) is 0.0369. The van der Waals surface area contributed by atoms with Gasteiger partial charge in [0, 0.05) is 18.0 Å². The van der Waals surface area contributed by atoms with Gasteiger partial charge in [-0.15, -0.1) is 0 Å². The number of benzene rings is 1. The van der Waals surface area contributed by atoms with Crippen molar-refractivity contribution >= 4 is 39.4 Å². The molecule has 0 atom stereocenters. The molecule has 1 aromatic rings. The highest BCUT2D eigenvalue weighted by Crippen LogP contribution is 2.27. The van der Waals surface area contributed by atoms with Gasteiger partial charge in [0.15, 0.2) is 6.61 Å². The molecule has 116 valence electrons. The Labute approximate surface area is 137 Å². The van der Waals surface area contributed by atoms with Gasteiger partial charge in [-0.1, -0.05) is 11.6 Å². The molecule has 5 nitrogen and oxygen atoms in total. The van der Waals surface area contributed by atoms with E-state index < -0.39 is 0 Å². The second kappa shape index (κ2) is 9.63. The molecule has 21 heavy (non-hydrogen) atoms. The Hall–Kier alpha value is -1.27. The van der Waals surface area contributed by atoms with Crippen LogP contribution >= 0.6 is 27.5 Å². The Morgan fingerprint density at radius 3 is 2.81 bits per heavy atom. The van der Waals surface area contributed by atoms with Crippen LogP contribution in [0.4, 0.5) is 0 Å². The quantitative estimate of drug-likeness (QED) is 0.558. The molecule has 0 aliphatic heterocycles. The van der Waals surface area contributed by atoms with E-state index in [9.17, 15) is 9.59 Å². The molecule has 0 aromatic heterocycles. The molecule has 0 radical (unpaired) electrons. The molecule has 7 heteroatoms. The number of carbonyl (C=O) groups excluding carboxylic acids is 2. The van der Waals surface area contributed by atoms with Crippen LogP contribution in [0.15, 0.2) is 22.7 Å². The molecule has 1 amide bonds. The number of rotatable bonds is 8. The Balaban J connectivity index is 2.21. The molecule has 1 aromatic carbocycles. The Morgan fingerprint density at radius 1 is 1.38 bits per heavy atom. The highest BCUT2D eigenvalue weighted by atomic mass is 79.9. The zero-order valence-electron chi connectivity index (χ0n) is 11.7. The van der Waals surface area contributed by atoms with Crippen molar-refractivity contribution in [3.05, 3.63) is 27.7 Å². The van der Waals surface area contributed by atoms with Gasteiger partial charge in [-0.25, -0.2) is 0 Å². The predicted molar refractivity (Wildman–Crippen MR) is 83.5 cm³/mol. The maximum atomic E-state index is 11.6. The third-order valence-electron chi connectivity index (χ3n) is 2.44. The number of halogens is 2. The number of hydrogen-bond acceptors (Lipinski definition) is 4. The SMILES string of the molecule is CCOC(=O)CCCNC(=O)COc1ccc(Cl)cc1Br. The summed E-state index contributed by atoms with van der Waals surface area (Å²) in [6.07, 6.45) is 0.826. The van der Waals surface area contributed by atoms with Gasteiger partial charge in [0.25, 0.3) is 5.91 Å². The van der Waals surface area contributed by atoms with Crippen LogP contribution in [0.5, 0.6) is 5.75 Å². The van der Waals surface area contributed by atoms with Gasteiger partial charge in [-0.2, -0.15) is 0 Å². The van der Waals surface area contributed by atoms with Crippen molar-refractivity contribution in [2.45, 2.75) is 19.8 Å². The smallest absolute Gasteiger partial charge is 0.305 e. The number of nitrogens with one attached hydrogen (secondary N) is 1. The molecule has 0 saturated carbocycles. The number of amides is 1. The monoisotopic (exact) mass is 377 g/mol. The standard InChI is InChI=1S/C14H17BrClNO4/c1-2-20-14(19)4-3-7-17-13(18)9-21-12-6-5-10(16)8-11(12)15/h5-6,8H,2-4,7,9H2,1H3,(H,17,18). The van der Waals surface area contributed by atoms with Gasteiger partial charge in [-0.05, 0) is 47.5 Å². The first-order chi connectivity index (χ1) is 10.0. The van der Waals surface area contributed by atoms with Gasteiger partial charge in [0.2, 0.25) is 0 Å². The fourth-order valence-electron chi connectivity index (χ4n) is 1.48. The fourth-order valence-corrected chi connectivity index (χ4v) is 2.28.